The summed E-state index contributed by atoms with van der Waals surface area (Å²) < 4.78 is 5.24. The third-order valence-electron chi connectivity index (χ3n) is 5.11. The molecule has 8 heteroatoms. The van der Waals surface area contributed by atoms with Gasteiger partial charge in [-0.1, -0.05) is 42.8 Å². The molecule has 0 spiro atoms. The third kappa shape index (κ3) is 5.64. The van der Waals surface area contributed by atoms with Crippen LogP contribution in [0.4, 0.5) is 0 Å². The number of hydrogen-bond donors (Lipinski definition) is 1. The van der Waals surface area contributed by atoms with Crippen LogP contribution in [0.3, 0.4) is 0 Å². The summed E-state index contributed by atoms with van der Waals surface area (Å²) in [4.78, 5) is 14.2. The molecule has 0 amide bonds. The first-order valence-corrected chi connectivity index (χ1v) is 10.2. The molecule has 0 saturated heterocycles. The highest BCUT2D eigenvalue weighted by molar-refractivity contribution is 6.30. The molecule has 3 aromatic rings. The average Bonchev–Trinajstić information content (AvgIpc) is 3.22. The Bertz CT molecular complexity index is 957. The number of hydrogen-bond acceptors (Lipinski definition) is 6. The Kier molecular flexibility index (Phi) is 7.54. The van der Waals surface area contributed by atoms with Crippen molar-refractivity contribution in [2.45, 2.75) is 38.1 Å². The van der Waals surface area contributed by atoms with E-state index in [2.05, 4.69) is 22.3 Å². The van der Waals surface area contributed by atoms with Gasteiger partial charge >= 0.3 is 0 Å². The van der Waals surface area contributed by atoms with Crippen molar-refractivity contribution >= 4 is 17.4 Å². The SMILES string of the molecule is COc1ccc([C@H](C)[C@@H](CC(=O)Cc2ccc(Cl)cc2)c2nnn(CCO)n2)cc1. The Hall–Kier alpha value is -2.77. The molecule has 0 aliphatic rings. The molecule has 0 fully saturated rings. The van der Waals surface area contributed by atoms with Crippen LogP contribution in [0.1, 0.15) is 42.1 Å². The molecule has 2 aromatic carbocycles. The third-order valence-corrected chi connectivity index (χ3v) is 5.36. The number of methoxy groups -OCH3 is 1. The summed E-state index contributed by atoms with van der Waals surface area (Å²) in [6, 6.07) is 15.0. The lowest BCUT2D eigenvalue weighted by molar-refractivity contribution is -0.119. The number of Topliss-reactive ketones (excluding diaryl/α,β-unsaturated/α-hetero) is 1. The summed E-state index contributed by atoms with van der Waals surface area (Å²) >= 11 is 5.93. The van der Waals surface area contributed by atoms with Gasteiger partial charge in [0, 0.05) is 23.8 Å². The van der Waals surface area contributed by atoms with Crippen LogP contribution in [0.2, 0.25) is 5.02 Å². The van der Waals surface area contributed by atoms with E-state index in [9.17, 15) is 4.79 Å². The second-order valence-electron chi connectivity index (χ2n) is 7.18. The van der Waals surface area contributed by atoms with E-state index in [1.54, 1.807) is 19.2 Å². The molecule has 158 valence electrons. The van der Waals surface area contributed by atoms with Crippen LogP contribution in [0.5, 0.6) is 5.75 Å². The van der Waals surface area contributed by atoms with Crippen molar-refractivity contribution in [2.75, 3.05) is 13.7 Å². The predicted molar refractivity (Wildman–Crippen MR) is 114 cm³/mol. The molecular weight excluding hydrogens is 404 g/mol. The zero-order valence-corrected chi connectivity index (χ0v) is 17.8. The molecular formula is C22H25ClN4O3. The molecule has 1 aromatic heterocycles. The summed E-state index contributed by atoms with van der Waals surface area (Å²) in [7, 11) is 1.63. The number of benzene rings is 2. The van der Waals surface area contributed by atoms with E-state index in [1.807, 2.05) is 36.4 Å². The number of aliphatic hydroxyl groups is 1. The van der Waals surface area contributed by atoms with Gasteiger partial charge in [-0.05, 0) is 46.5 Å². The molecule has 1 heterocycles. The van der Waals surface area contributed by atoms with Crippen LogP contribution in [-0.2, 0) is 17.8 Å². The van der Waals surface area contributed by atoms with Gasteiger partial charge in [-0.3, -0.25) is 4.79 Å². The Labute approximate surface area is 180 Å². The highest BCUT2D eigenvalue weighted by Crippen LogP contribution is 2.34. The topological polar surface area (TPSA) is 90.1 Å². The number of carbonyl (C=O) groups is 1. The molecule has 0 unspecified atom stereocenters. The highest BCUT2D eigenvalue weighted by atomic mass is 35.5. The minimum atomic E-state index is -0.245. The smallest absolute Gasteiger partial charge is 0.178 e. The Morgan fingerprint density at radius 2 is 1.87 bits per heavy atom. The van der Waals surface area contributed by atoms with Crippen molar-refractivity contribution in [1.82, 2.24) is 20.2 Å². The fraction of sp³-hybridized carbons (Fsp3) is 0.364. The summed E-state index contributed by atoms with van der Waals surface area (Å²) in [6.45, 7) is 2.23. The van der Waals surface area contributed by atoms with Gasteiger partial charge in [-0.25, -0.2) is 0 Å². The standard InChI is InChI=1S/C22H25ClN4O3/c1-15(17-5-9-20(30-2)10-6-17)21(22-24-26-27(25-22)11-12-28)14-19(29)13-16-3-7-18(23)8-4-16/h3-10,15,21,28H,11-14H2,1-2H3/t15-,21+/m0/s1. The highest BCUT2D eigenvalue weighted by Gasteiger charge is 2.28. The monoisotopic (exact) mass is 428 g/mol. The van der Waals surface area contributed by atoms with Crippen LogP contribution >= 0.6 is 11.6 Å². The van der Waals surface area contributed by atoms with Gasteiger partial charge in [0.1, 0.15) is 11.5 Å². The maximum atomic E-state index is 12.9. The number of aromatic nitrogens is 4. The first-order valence-electron chi connectivity index (χ1n) is 9.78. The Morgan fingerprint density at radius 3 is 2.50 bits per heavy atom. The first kappa shape index (κ1) is 21.9. The fourth-order valence-corrected chi connectivity index (χ4v) is 3.49. The Morgan fingerprint density at radius 1 is 1.17 bits per heavy atom. The summed E-state index contributed by atoms with van der Waals surface area (Å²) in [6.07, 6.45) is 0.592. The summed E-state index contributed by atoms with van der Waals surface area (Å²) in [5.41, 5.74) is 1.97. The number of ketones is 1. The minimum absolute atomic E-state index is 0.0168. The summed E-state index contributed by atoms with van der Waals surface area (Å²) in [5, 5.41) is 22.3. The second kappa shape index (κ2) is 10.3. The fourth-order valence-electron chi connectivity index (χ4n) is 3.37. The molecule has 3 rings (SSSR count). The van der Waals surface area contributed by atoms with Crippen molar-refractivity contribution in [1.29, 1.82) is 0 Å². The van der Waals surface area contributed by atoms with Gasteiger partial charge in [0.2, 0.25) is 0 Å². The van der Waals surface area contributed by atoms with Crippen molar-refractivity contribution in [3.8, 4) is 5.75 Å². The lowest BCUT2D eigenvalue weighted by atomic mass is 9.83. The number of tetrazole rings is 1. The van der Waals surface area contributed by atoms with Gasteiger partial charge in [0.25, 0.3) is 0 Å². The molecule has 0 radical (unpaired) electrons. The van der Waals surface area contributed by atoms with Crippen molar-refractivity contribution in [3.05, 3.63) is 70.5 Å². The molecule has 7 nitrogen and oxygen atoms in total. The van der Waals surface area contributed by atoms with Gasteiger partial charge in [0.15, 0.2) is 5.82 Å². The molecule has 0 saturated carbocycles. The number of aliphatic hydroxyl groups excluding tert-OH is 1. The van der Waals surface area contributed by atoms with Crippen LogP contribution < -0.4 is 4.74 Å². The van der Waals surface area contributed by atoms with Gasteiger partial charge in [-0.15, -0.1) is 10.2 Å². The van der Waals surface area contributed by atoms with Crippen LogP contribution in [0.25, 0.3) is 0 Å². The second-order valence-corrected chi connectivity index (χ2v) is 7.62. The maximum Gasteiger partial charge on any atom is 0.178 e. The maximum absolute atomic E-state index is 12.9. The number of rotatable bonds is 10. The zero-order chi connectivity index (χ0) is 21.5. The van der Waals surface area contributed by atoms with Gasteiger partial charge in [0.05, 0.1) is 20.3 Å². The first-order chi connectivity index (χ1) is 14.5. The Balaban J connectivity index is 1.81. The molecule has 1 N–H and O–H groups in total. The van der Waals surface area contributed by atoms with Gasteiger partial charge < -0.3 is 9.84 Å². The number of halogens is 1. The van der Waals surface area contributed by atoms with Crippen molar-refractivity contribution < 1.29 is 14.6 Å². The van der Waals surface area contributed by atoms with E-state index in [4.69, 9.17) is 21.4 Å². The summed E-state index contributed by atoms with van der Waals surface area (Å²) in [5.74, 6) is 1.09. The predicted octanol–water partition coefficient (Wildman–Crippen LogP) is 3.42. The van der Waals surface area contributed by atoms with E-state index in [0.29, 0.717) is 17.3 Å². The van der Waals surface area contributed by atoms with Crippen LogP contribution in [-0.4, -0.2) is 44.8 Å². The number of carbonyl (C=O) groups excluding carboxylic acids is 1. The molecule has 30 heavy (non-hydrogen) atoms. The number of ether oxygens (including phenoxy) is 1. The quantitative estimate of drug-likeness (QED) is 0.532. The molecule has 0 aliphatic heterocycles. The largest absolute Gasteiger partial charge is 0.497 e. The van der Waals surface area contributed by atoms with Crippen molar-refractivity contribution in [3.63, 3.8) is 0 Å². The normalized spacial score (nSPS) is 13.1. The van der Waals surface area contributed by atoms with E-state index in [-0.39, 0.29) is 37.2 Å². The van der Waals surface area contributed by atoms with E-state index in [1.165, 1.54) is 4.80 Å². The molecule has 2 atom stereocenters. The lowest BCUT2D eigenvalue weighted by Gasteiger charge is -2.21. The van der Waals surface area contributed by atoms with Gasteiger partial charge in [-0.2, -0.15) is 4.80 Å². The van der Waals surface area contributed by atoms with E-state index >= 15 is 0 Å². The van der Waals surface area contributed by atoms with Crippen LogP contribution in [0.15, 0.2) is 48.5 Å². The lowest BCUT2D eigenvalue weighted by Crippen LogP contribution is -2.17. The molecule has 0 bridgehead atoms. The zero-order valence-electron chi connectivity index (χ0n) is 17.0. The van der Waals surface area contributed by atoms with Crippen molar-refractivity contribution in [2.24, 2.45) is 0 Å². The van der Waals surface area contributed by atoms with E-state index < -0.39 is 0 Å². The molecule has 0 aliphatic carbocycles. The minimum Gasteiger partial charge on any atom is -0.497 e. The van der Waals surface area contributed by atoms with Crippen LogP contribution in [0, 0.1) is 0 Å². The van der Waals surface area contributed by atoms with E-state index in [0.717, 1.165) is 16.9 Å². The average molecular weight is 429 g/mol. The number of nitrogens with zero attached hydrogens (tertiary/aromatic N) is 4.